The number of benzene rings is 3. The van der Waals surface area contributed by atoms with E-state index in [1.54, 1.807) is 36.4 Å². The van der Waals surface area contributed by atoms with Gasteiger partial charge in [0.2, 0.25) is 0 Å². The van der Waals surface area contributed by atoms with Crippen molar-refractivity contribution in [1.82, 2.24) is 5.43 Å². The zero-order valence-electron chi connectivity index (χ0n) is 24.1. The van der Waals surface area contributed by atoms with Crippen LogP contribution in [-0.4, -0.2) is 43.8 Å². The number of nitrogens with one attached hydrogen (secondary N) is 3. The van der Waals surface area contributed by atoms with Gasteiger partial charge in [0.25, 0.3) is 5.91 Å². The third kappa shape index (κ3) is 9.91. The number of hydrogen-bond donors (Lipinski definition) is 3. The lowest BCUT2D eigenvalue weighted by Gasteiger charge is -2.15. The molecule has 3 amide bonds. The number of anilines is 2. The van der Waals surface area contributed by atoms with E-state index in [0.717, 1.165) is 24.0 Å². The summed E-state index contributed by atoms with van der Waals surface area (Å²) < 4.78 is 17.6. The zero-order valence-corrected chi connectivity index (χ0v) is 25.7. The number of rotatable bonds is 13. The molecule has 0 aromatic heterocycles. The molecule has 0 atom stereocenters. The van der Waals surface area contributed by atoms with Crippen LogP contribution in [0.3, 0.4) is 0 Å². The van der Waals surface area contributed by atoms with Crippen molar-refractivity contribution in [2.75, 3.05) is 30.5 Å². The second-order valence-corrected chi connectivity index (χ2v) is 10.1. The van der Waals surface area contributed by atoms with Gasteiger partial charge in [-0.25, -0.2) is 5.43 Å². The molecule has 0 unspecified atom stereocenters. The van der Waals surface area contributed by atoms with Crippen molar-refractivity contribution in [2.24, 2.45) is 5.10 Å². The predicted octanol–water partition coefficient (Wildman–Crippen LogP) is 5.75. The Kier molecular flexibility index (Phi) is 12.4. The van der Waals surface area contributed by atoms with Crippen LogP contribution in [0.2, 0.25) is 0 Å². The molecule has 0 fully saturated rings. The highest BCUT2D eigenvalue weighted by molar-refractivity contribution is 9.10. The van der Waals surface area contributed by atoms with Crippen molar-refractivity contribution in [3.05, 3.63) is 75.8 Å². The lowest BCUT2D eigenvalue weighted by molar-refractivity contribution is -0.136. The van der Waals surface area contributed by atoms with Crippen molar-refractivity contribution in [2.45, 2.75) is 40.5 Å². The van der Waals surface area contributed by atoms with Gasteiger partial charge in [-0.1, -0.05) is 19.4 Å². The minimum absolute atomic E-state index is 0.237. The third-order valence-electron chi connectivity index (χ3n) is 5.93. The van der Waals surface area contributed by atoms with Gasteiger partial charge in [-0.15, -0.1) is 0 Å². The summed E-state index contributed by atoms with van der Waals surface area (Å²) in [7, 11) is 0. The summed E-state index contributed by atoms with van der Waals surface area (Å²) in [6, 6.07) is 15.7. The van der Waals surface area contributed by atoms with Crippen LogP contribution < -0.4 is 30.3 Å². The van der Waals surface area contributed by atoms with Crippen molar-refractivity contribution in [3.63, 3.8) is 0 Å². The first-order valence-electron chi connectivity index (χ1n) is 13.5. The molecule has 0 radical (unpaired) electrons. The first-order chi connectivity index (χ1) is 20.2. The lowest BCUT2D eigenvalue weighted by Crippen LogP contribution is -2.32. The van der Waals surface area contributed by atoms with E-state index >= 15 is 0 Å². The smallest absolute Gasteiger partial charge is 0.329 e. The Hall–Kier alpha value is -4.38. The monoisotopic (exact) mass is 638 g/mol. The predicted molar refractivity (Wildman–Crippen MR) is 167 cm³/mol. The molecule has 3 rings (SSSR count). The molecule has 0 saturated heterocycles. The largest absolute Gasteiger partial charge is 0.494 e. The van der Waals surface area contributed by atoms with E-state index in [-0.39, 0.29) is 12.5 Å². The maximum absolute atomic E-state index is 12.5. The third-order valence-corrected chi connectivity index (χ3v) is 6.52. The van der Waals surface area contributed by atoms with Crippen LogP contribution in [0.1, 0.15) is 43.4 Å². The fourth-order valence-corrected chi connectivity index (χ4v) is 4.17. The van der Waals surface area contributed by atoms with E-state index in [1.807, 2.05) is 39.0 Å². The second kappa shape index (κ2) is 16.2. The first-order valence-corrected chi connectivity index (χ1v) is 14.3. The Morgan fingerprint density at radius 3 is 2.29 bits per heavy atom. The number of unbranched alkanes of at least 4 members (excludes halogenated alkanes) is 1. The average Bonchev–Trinajstić information content (AvgIpc) is 2.95. The van der Waals surface area contributed by atoms with E-state index in [0.29, 0.717) is 51.9 Å². The fraction of sp³-hybridized carbons (Fsp3) is 0.290. The van der Waals surface area contributed by atoms with Crippen molar-refractivity contribution < 1.29 is 28.6 Å². The Balaban J connectivity index is 1.56. The van der Waals surface area contributed by atoms with Crippen molar-refractivity contribution in [1.29, 1.82) is 0 Å². The molecule has 3 aromatic rings. The minimum atomic E-state index is -0.937. The second-order valence-electron chi connectivity index (χ2n) is 9.28. The number of hydrazone groups is 1. The van der Waals surface area contributed by atoms with E-state index in [1.165, 1.54) is 6.21 Å². The number of amides is 3. The number of ether oxygens (including phenoxy) is 3. The molecule has 222 valence electrons. The van der Waals surface area contributed by atoms with Gasteiger partial charge < -0.3 is 24.8 Å². The Labute approximate surface area is 253 Å². The average molecular weight is 640 g/mol. The van der Waals surface area contributed by atoms with Gasteiger partial charge >= 0.3 is 11.8 Å². The Bertz CT molecular complexity index is 1430. The summed E-state index contributed by atoms with van der Waals surface area (Å²) in [5, 5.41) is 9.21. The van der Waals surface area contributed by atoms with Gasteiger partial charge in [-0.05, 0) is 108 Å². The molecule has 0 heterocycles. The van der Waals surface area contributed by atoms with E-state index < -0.39 is 11.8 Å². The highest BCUT2D eigenvalue weighted by Gasteiger charge is 2.15. The SMILES string of the molecule is CCCCOc1ccc(NC(=O)C(=O)N/N=C\c2cc(Br)c(OCC(=O)Nc3ccc(C)c(C)c3)c(OCC)c2)cc1. The van der Waals surface area contributed by atoms with Gasteiger partial charge in [0, 0.05) is 11.4 Å². The molecule has 0 aliphatic heterocycles. The quantitative estimate of drug-likeness (QED) is 0.0947. The van der Waals surface area contributed by atoms with Gasteiger partial charge in [0.1, 0.15) is 5.75 Å². The molecule has 0 saturated carbocycles. The number of hydrogen-bond acceptors (Lipinski definition) is 7. The molecule has 0 spiro atoms. The van der Waals surface area contributed by atoms with Crippen LogP contribution >= 0.6 is 15.9 Å². The number of carbonyl (C=O) groups excluding carboxylic acids is 3. The molecular weight excluding hydrogens is 604 g/mol. The van der Waals surface area contributed by atoms with E-state index in [2.05, 4.69) is 44.0 Å². The maximum Gasteiger partial charge on any atom is 0.329 e. The number of carbonyl (C=O) groups is 3. The van der Waals surface area contributed by atoms with Gasteiger partial charge in [0.05, 0.1) is 23.9 Å². The molecule has 0 bridgehead atoms. The summed E-state index contributed by atoms with van der Waals surface area (Å²) in [6.07, 6.45) is 3.34. The van der Waals surface area contributed by atoms with Crippen LogP contribution in [0.5, 0.6) is 17.2 Å². The van der Waals surface area contributed by atoms with Crippen molar-refractivity contribution >= 4 is 51.2 Å². The summed E-state index contributed by atoms with van der Waals surface area (Å²) in [5.74, 6) is -0.729. The highest BCUT2D eigenvalue weighted by Crippen LogP contribution is 2.36. The Morgan fingerprint density at radius 2 is 1.60 bits per heavy atom. The topological polar surface area (TPSA) is 127 Å². The molecule has 42 heavy (non-hydrogen) atoms. The highest BCUT2D eigenvalue weighted by atomic mass is 79.9. The summed E-state index contributed by atoms with van der Waals surface area (Å²) in [5.41, 5.74) is 6.10. The molecular formula is C31H35BrN4O6. The van der Waals surface area contributed by atoms with Crippen LogP contribution in [0.4, 0.5) is 11.4 Å². The number of nitrogens with zero attached hydrogens (tertiary/aromatic N) is 1. The van der Waals surface area contributed by atoms with Crippen LogP contribution in [0, 0.1) is 13.8 Å². The maximum atomic E-state index is 12.5. The van der Waals surface area contributed by atoms with Crippen LogP contribution in [0.15, 0.2) is 64.2 Å². The van der Waals surface area contributed by atoms with Gasteiger partial charge in [0.15, 0.2) is 18.1 Å². The van der Waals surface area contributed by atoms with Crippen LogP contribution in [0.25, 0.3) is 0 Å². The summed E-state index contributed by atoms with van der Waals surface area (Å²) in [6.45, 7) is 8.60. The van der Waals surface area contributed by atoms with Gasteiger partial charge in [-0.2, -0.15) is 5.10 Å². The van der Waals surface area contributed by atoms with E-state index in [4.69, 9.17) is 14.2 Å². The Morgan fingerprint density at radius 1 is 0.857 bits per heavy atom. The fourth-order valence-electron chi connectivity index (χ4n) is 3.59. The first kappa shape index (κ1) is 32.1. The molecule has 11 heteroatoms. The summed E-state index contributed by atoms with van der Waals surface area (Å²) >= 11 is 3.45. The molecule has 0 aliphatic rings. The van der Waals surface area contributed by atoms with Crippen molar-refractivity contribution in [3.8, 4) is 17.2 Å². The molecule has 3 aromatic carbocycles. The molecule has 3 N–H and O–H groups in total. The normalized spacial score (nSPS) is 10.7. The number of aryl methyl sites for hydroxylation is 2. The molecule has 10 nitrogen and oxygen atoms in total. The van der Waals surface area contributed by atoms with Crippen LogP contribution in [-0.2, 0) is 14.4 Å². The minimum Gasteiger partial charge on any atom is -0.494 e. The standard InChI is InChI=1S/C31H35BrN4O6/c1-5-7-14-41-25-12-10-23(11-13-25)35-30(38)31(39)36-33-18-22-16-26(32)29(27(17-22)40-6-2)42-19-28(37)34-24-9-8-20(3)21(4)15-24/h8-13,15-18H,5-7,14,19H2,1-4H3,(H,34,37)(H,35,38)(H,36,39)/b33-18-. The number of halogens is 1. The summed E-state index contributed by atoms with van der Waals surface area (Å²) in [4.78, 5) is 37.0. The van der Waals surface area contributed by atoms with Gasteiger partial charge in [-0.3, -0.25) is 14.4 Å². The lowest BCUT2D eigenvalue weighted by atomic mass is 10.1. The molecule has 0 aliphatic carbocycles. The zero-order chi connectivity index (χ0) is 30.5. The van der Waals surface area contributed by atoms with E-state index in [9.17, 15) is 14.4 Å².